The van der Waals surface area contributed by atoms with Gasteiger partial charge in [-0.05, 0) is 73.7 Å². The highest BCUT2D eigenvalue weighted by Gasteiger charge is 2.12. The van der Waals surface area contributed by atoms with Crippen LogP contribution in [-0.2, 0) is 4.74 Å². The summed E-state index contributed by atoms with van der Waals surface area (Å²) >= 11 is 0. The molecule has 2 aromatic rings. The summed E-state index contributed by atoms with van der Waals surface area (Å²) in [7, 11) is 1.39. The molecule has 0 radical (unpaired) electrons. The molecule has 0 aromatic heterocycles. The molecule has 0 saturated carbocycles. The average molecular weight is 336 g/mol. The van der Waals surface area contributed by atoms with Gasteiger partial charge in [0.05, 0.1) is 18.4 Å². The molecule has 0 amide bonds. The van der Waals surface area contributed by atoms with Gasteiger partial charge in [-0.3, -0.25) is 4.99 Å². The van der Waals surface area contributed by atoms with Gasteiger partial charge in [0.25, 0.3) is 0 Å². The Morgan fingerprint density at radius 1 is 1.08 bits per heavy atom. The largest absolute Gasteiger partial charge is 0.465 e. The van der Waals surface area contributed by atoms with E-state index in [9.17, 15) is 4.79 Å². The Hall–Kier alpha value is -2.62. The van der Waals surface area contributed by atoms with Gasteiger partial charge in [0.2, 0.25) is 0 Å². The summed E-state index contributed by atoms with van der Waals surface area (Å²) in [6.07, 6.45) is 4.45. The van der Waals surface area contributed by atoms with E-state index in [4.69, 9.17) is 4.74 Å². The highest BCUT2D eigenvalue weighted by Crippen LogP contribution is 2.24. The molecule has 1 fully saturated rings. The lowest BCUT2D eigenvalue weighted by atomic mass is 10.1. The summed E-state index contributed by atoms with van der Waals surface area (Å²) in [5.41, 5.74) is 5.98. The lowest BCUT2D eigenvalue weighted by molar-refractivity contribution is 0.0600. The van der Waals surface area contributed by atoms with Crippen LogP contribution in [0.15, 0.2) is 41.4 Å². The number of benzene rings is 2. The molecule has 1 saturated heterocycles. The molecule has 1 aliphatic heterocycles. The number of aryl methyl sites for hydroxylation is 2. The molecule has 0 aliphatic carbocycles. The van der Waals surface area contributed by atoms with Crippen LogP contribution in [0, 0.1) is 13.8 Å². The van der Waals surface area contributed by atoms with Gasteiger partial charge in [-0.15, -0.1) is 0 Å². The highest BCUT2D eigenvalue weighted by molar-refractivity contribution is 5.90. The van der Waals surface area contributed by atoms with Gasteiger partial charge in [0, 0.05) is 25.0 Å². The molecule has 3 rings (SSSR count). The Morgan fingerprint density at radius 2 is 1.84 bits per heavy atom. The summed E-state index contributed by atoms with van der Waals surface area (Å²) < 4.78 is 4.75. The van der Waals surface area contributed by atoms with Crippen molar-refractivity contribution in [1.29, 1.82) is 0 Å². The number of carbonyl (C=O) groups is 1. The molecular formula is C21H24N2O2. The fourth-order valence-corrected chi connectivity index (χ4v) is 3.16. The average Bonchev–Trinajstić information content (AvgIpc) is 3.15. The molecule has 4 heteroatoms. The first-order valence-electron chi connectivity index (χ1n) is 8.67. The molecule has 1 aliphatic rings. The van der Waals surface area contributed by atoms with Crippen LogP contribution in [0.2, 0.25) is 0 Å². The zero-order chi connectivity index (χ0) is 17.8. The van der Waals surface area contributed by atoms with E-state index in [1.165, 1.54) is 31.2 Å². The topological polar surface area (TPSA) is 41.9 Å². The molecule has 4 nitrogen and oxygen atoms in total. The number of anilines is 1. The second kappa shape index (κ2) is 7.51. The second-order valence-electron chi connectivity index (χ2n) is 6.49. The maximum absolute atomic E-state index is 11.6. The van der Waals surface area contributed by atoms with Crippen LogP contribution in [0.1, 0.15) is 39.9 Å². The maximum atomic E-state index is 11.6. The third kappa shape index (κ3) is 3.90. The van der Waals surface area contributed by atoms with Crippen molar-refractivity contribution in [2.75, 3.05) is 25.1 Å². The first-order chi connectivity index (χ1) is 12.1. The van der Waals surface area contributed by atoms with Crippen LogP contribution in [-0.4, -0.2) is 32.4 Å². The quantitative estimate of drug-likeness (QED) is 0.612. The Morgan fingerprint density at radius 3 is 2.48 bits per heavy atom. The molecule has 0 spiro atoms. The first-order valence-corrected chi connectivity index (χ1v) is 8.67. The summed E-state index contributed by atoms with van der Waals surface area (Å²) in [4.78, 5) is 18.6. The molecule has 2 aromatic carbocycles. The van der Waals surface area contributed by atoms with Crippen LogP contribution < -0.4 is 4.90 Å². The SMILES string of the molecule is COC(=O)c1ccc(N=Cc2ccc(N3CCCC3)cc2C)c(C)c1. The van der Waals surface area contributed by atoms with Crippen molar-refractivity contribution in [3.8, 4) is 0 Å². The number of hydrogen-bond acceptors (Lipinski definition) is 4. The van der Waals surface area contributed by atoms with Crippen molar-refractivity contribution in [3.05, 3.63) is 58.7 Å². The molecule has 0 unspecified atom stereocenters. The fraction of sp³-hybridized carbons (Fsp3) is 0.333. The molecular weight excluding hydrogens is 312 g/mol. The number of esters is 1. The van der Waals surface area contributed by atoms with E-state index in [1.54, 1.807) is 6.07 Å². The van der Waals surface area contributed by atoms with Crippen molar-refractivity contribution in [3.63, 3.8) is 0 Å². The van der Waals surface area contributed by atoms with E-state index in [0.29, 0.717) is 5.56 Å². The highest BCUT2D eigenvalue weighted by atomic mass is 16.5. The predicted molar refractivity (Wildman–Crippen MR) is 102 cm³/mol. The van der Waals surface area contributed by atoms with E-state index in [2.05, 4.69) is 35.0 Å². The second-order valence-corrected chi connectivity index (χ2v) is 6.49. The number of aliphatic imine (C=N–C) groups is 1. The summed E-state index contributed by atoms with van der Waals surface area (Å²) in [5.74, 6) is -0.327. The zero-order valence-electron chi connectivity index (χ0n) is 15.1. The predicted octanol–water partition coefficient (Wildman–Crippen LogP) is 4.44. The Kier molecular flexibility index (Phi) is 5.17. The van der Waals surface area contributed by atoms with E-state index in [0.717, 1.165) is 29.9 Å². The van der Waals surface area contributed by atoms with Crippen molar-refractivity contribution in [1.82, 2.24) is 0 Å². The smallest absolute Gasteiger partial charge is 0.337 e. The van der Waals surface area contributed by atoms with Gasteiger partial charge in [-0.25, -0.2) is 4.79 Å². The third-order valence-corrected chi connectivity index (χ3v) is 4.69. The van der Waals surface area contributed by atoms with Crippen LogP contribution in [0.25, 0.3) is 0 Å². The molecule has 1 heterocycles. The zero-order valence-corrected chi connectivity index (χ0v) is 15.1. The van der Waals surface area contributed by atoms with Crippen LogP contribution >= 0.6 is 0 Å². The Bertz CT molecular complexity index is 806. The van der Waals surface area contributed by atoms with Gasteiger partial charge in [0.15, 0.2) is 0 Å². The lowest BCUT2D eigenvalue weighted by Crippen LogP contribution is -2.17. The van der Waals surface area contributed by atoms with Crippen molar-refractivity contribution < 1.29 is 9.53 Å². The number of nitrogens with zero attached hydrogens (tertiary/aromatic N) is 2. The standard InChI is InChI=1S/C21H24N2O2/c1-15-13-19(23-10-4-5-11-23)8-6-18(15)14-22-20-9-7-17(12-16(20)2)21(24)25-3/h6-9,12-14H,4-5,10-11H2,1-3H3. The normalized spacial score (nSPS) is 14.3. The minimum atomic E-state index is -0.327. The minimum absolute atomic E-state index is 0.327. The van der Waals surface area contributed by atoms with Crippen molar-refractivity contribution in [2.24, 2.45) is 4.99 Å². The van der Waals surface area contributed by atoms with Crippen molar-refractivity contribution >= 4 is 23.6 Å². The number of carbonyl (C=O) groups excluding carboxylic acids is 1. The summed E-state index contributed by atoms with van der Waals surface area (Å²) in [6.45, 7) is 6.37. The number of ether oxygens (including phenoxy) is 1. The van der Waals surface area contributed by atoms with Gasteiger partial charge in [0.1, 0.15) is 0 Å². The Balaban J connectivity index is 1.78. The van der Waals surface area contributed by atoms with E-state index >= 15 is 0 Å². The van der Waals surface area contributed by atoms with Crippen LogP contribution in [0.4, 0.5) is 11.4 Å². The third-order valence-electron chi connectivity index (χ3n) is 4.69. The lowest BCUT2D eigenvalue weighted by Gasteiger charge is -2.18. The van der Waals surface area contributed by atoms with E-state index in [-0.39, 0.29) is 5.97 Å². The number of methoxy groups -OCH3 is 1. The summed E-state index contributed by atoms with van der Waals surface area (Å²) in [5, 5.41) is 0. The van der Waals surface area contributed by atoms with E-state index in [1.807, 2.05) is 25.3 Å². The van der Waals surface area contributed by atoms with Gasteiger partial charge < -0.3 is 9.64 Å². The van der Waals surface area contributed by atoms with Crippen LogP contribution in [0.5, 0.6) is 0 Å². The van der Waals surface area contributed by atoms with E-state index < -0.39 is 0 Å². The van der Waals surface area contributed by atoms with Gasteiger partial charge >= 0.3 is 5.97 Å². The summed E-state index contributed by atoms with van der Waals surface area (Å²) in [6, 6.07) is 11.9. The van der Waals surface area contributed by atoms with Crippen molar-refractivity contribution in [2.45, 2.75) is 26.7 Å². The number of rotatable bonds is 4. The molecule has 0 N–H and O–H groups in total. The number of hydrogen-bond donors (Lipinski definition) is 0. The van der Waals surface area contributed by atoms with Crippen LogP contribution in [0.3, 0.4) is 0 Å². The minimum Gasteiger partial charge on any atom is -0.465 e. The van der Waals surface area contributed by atoms with Gasteiger partial charge in [-0.1, -0.05) is 6.07 Å². The first kappa shape index (κ1) is 17.2. The molecule has 130 valence electrons. The Labute approximate surface area is 149 Å². The maximum Gasteiger partial charge on any atom is 0.337 e. The molecule has 0 atom stereocenters. The van der Waals surface area contributed by atoms with Gasteiger partial charge in [-0.2, -0.15) is 0 Å². The molecule has 0 bridgehead atoms. The monoisotopic (exact) mass is 336 g/mol. The fourth-order valence-electron chi connectivity index (χ4n) is 3.16. The molecule has 25 heavy (non-hydrogen) atoms.